The highest BCUT2D eigenvalue weighted by Gasteiger charge is 2.06. The van der Waals surface area contributed by atoms with E-state index in [1.54, 1.807) is 0 Å². The summed E-state index contributed by atoms with van der Waals surface area (Å²) in [6.07, 6.45) is 1.33. The average molecular weight is 243 g/mol. The maximum atomic E-state index is 10.6. The van der Waals surface area contributed by atoms with Crippen LogP contribution in [0, 0.1) is 18.8 Å². The molecule has 0 radical (unpaired) electrons. The van der Waals surface area contributed by atoms with Crippen molar-refractivity contribution < 1.29 is 9.90 Å². The molecule has 1 aromatic heterocycles. The summed E-state index contributed by atoms with van der Waals surface area (Å²) in [5, 5.41) is 9.25. The maximum absolute atomic E-state index is 10.6. The predicted octanol–water partition coefficient (Wildman–Crippen LogP) is 2.55. The summed E-state index contributed by atoms with van der Waals surface area (Å²) in [7, 11) is 0. The van der Waals surface area contributed by atoms with Crippen molar-refractivity contribution in [2.24, 2.45) is 0 Å². The molecular weight excluding hydrogens is 234 g/mol. The molecule has 0 atom stereocenters. The van der Waals surface area contributed by atoms with Crippen LogP contribution in [-0.4, -0.2) is 16.1 Å². The summed E-state index contributed by atoms with van der Waals surface area (Å²) >= 11 is 1.08. The van der Waals surface area contributed by atoms with Gasteiger partial charge >= 0.3 is 5.97 Å². The molecule has 0 saturated carbocycles. The molecular formula is C13H9NO2S. The van der Waals surface area contributed by atoms with E-state index in [0.717, 1.165) is 16.9 Å². The predicted molar refractivity (Wildman–Crippen MR) is 66.2 cm³/mol. The molecule has 17 heavy (non-hydrogen) atoms. The molecule has 0 amide bonds. The first kappa shape index (κ1) is 11.4. The lowest BCUT2D eigenvalue weighted by molar-refractivity contribution is 0.0702. The van der Waals surface area contributed by atoms with Crippen LogP contribution in [0.3, 0.4) is 0 Å². The first-order valence-electron chi connectivity index (χ1n) is 4.93. The summed E-state index contributed by atoms with van der Waals surface area (Å²) in [6.45, 7) is 2.01. The second-order valence-corrected chi connectivity index (χ2v) is 4.48. The molecule has 0 unspecified atom stereocenters. The summed E-state index contributed by atoms with van der Waals surface area (Å²) in [4.78, 5) is 14.8. The molecule has 2 aromatic rings. The number of carboxylic acids is 1. The highest BCUT2D eigenvalue weighted by Crippen LogP contribution is 2.11. The number of carbonyl (C=O) groups is 1. The summed E-state index contributed by atoms with van der Waals surface area (Å²) < 4.78 is 0. The van der Waals surface area contributed by atoms with Crippen LogP contribution in [0.4, 0.5) is 0 Å². The number of benzene rings is 1. The fourth-order valence-corrected chi connectivity index (χ4v) is 1.80. The van der Waals surface area contributed by atoms with Crippen LogP contribution in [-0.2, 0) is 0 Å². The quantitative estimate of drug-likeness (QED) is 0.783. The Kier molecular flexibility index (Phi) is 3.22. The molecule has 0 aliphatic heterocycles. The van der Waals surface area contributed by atoms with E-state index in [0.29, 0.717) is 5.01 Å². The number of thiazole rings is 1. The highest BCUT2D eigenvalue weighted by molar-refractivity contribution is 7.14. The number of hydrogen-bond acceptors (Lipinski definition) is 3. The van der Waals surface area contributed by atoms with E-state index in [1.807, 2.05) is 31.2 Å². The average Bonchev–Trinajstić information content (AvgIpc) is 2.77. The molecule has 0 spiro atoms. The van der Waals surface area contributed by atoms with Gasteiger partial charge in [0.15, 0.2) is 5.01 Å². The standard InChI is InChI=1S/C13H9NO2S/c1-9-2-4-10(5-3-9)6-7-12-14-8-11(17-12)13(15)16/h2-5,8H,1H3,(H,15,16). The van der Waals surface area contributed by atoms with Crippen molar-refractivity contribution in [3.63, 3.8) is 0 Å². The minimum atomic E-state index is -0.967. The zero-order chi connectivity index (χ0) is 12.3. The van der Waals surface area contributed by atoms with Crippen molar-refractivity contribution in [2.45, 2.75) is 6.92 Å². The van der Waals surface area contributed by atoms with Crippen LogP contribution < -0.4 is 0 Å². The van der Waals surface area contributed by atoms with Gasteiger partial charge in [-0.2, -0.15) is 0 Å². The number of aromatic nitrogens is 1. The van der Waals surface area contributed by atoms with E-state index in [2.05, 4.69) is 16.8 Å². The van der Waals surface area contributed by atoms with Crippen LogP contribution in [0.15, 0.2) is 30.5 Å². The molecule has 84 valence electrons. The van der Waals surface area contributed by atoms with Gasteiger partial charge in [-0.05, 0) is 25.0 Å². The Morgan fingerprint density at radius 2 is 2.00 bits per heavy atom. The molecule has 0 saturated heterocycles. The van der Waals surface area contributed by atoms with E-state index in [4.69, 9.17) is 5.11 Å². The van der Waals surface area contributed by atoms with Crippen molar-refractivity contribution in [1.82, 2.24) is 4.98 Å². The van der Waals surface area contributed by atoms with Gasteiger partial charge in [0.05, 0.1) is 6.20 Å². The molecule has 0 aliphatic carbocycles. The molecule has 2 rings (SSSR count). The SMILES string of the molecule is Cc1ccc(C#Cc2ncc(C(=O)O)s2)cc1. The van der Waals surface area contributed by atoms with Crippen LogP contribution in [0.1, 0.15) is 25.8 Å². The third-order valence-corrected chi connectivity index (χ3v) is 2.98. The Labute approximate surface area is 103 Å². The summed E-state index contributed by atoms with van der Waals surface area (Å²) in [5.41, 5.74) is 2.07. The zero-order valence-electron chi connectivity index (χ0n) is 9.10. The van der Waals surface area contributed by atoms with Crippen LogP contribution in [0.5, 0.6) is 0 Å². The topological polar surface area (TPSA) is 50.2 Å². The largest absolute Gasteiger partial charge is 0.477 e. The normalized spacial score (nSPS) is 9.47. The van der Waals surface area contributed by atoms with Gasteiger partial charge in [0.25, 0.3) is 0 Å². The van der Waals surface area contributed by atoms with Gasteiger partial charge in [0.2, 0.25) is 0 Å². The second kappa shape index (κ2) is 4.81. The number of aryl methyl sites for hydroxylation is 1. The minimum Gasteiger partial charge on any atom is -0.477 e. The van der Waals surface area contributed by atoms with E-state index >= 15 is 0 Å². The Morgan fingerprint density at radius 3 is 2.59 bits per heavy atom. The lowest BCUT2D eigenvalue weighted by atomic mass is 10.2. The molecule has 1 heterocycles. The second-order valence-electron chi connectivity index (χ2n) is 3.45. The van der Waals surface area contributed by atoms with Crippen LogP contribution >= 0.6 is 11.3 Å². The van der Waals surface area contributed by atoms with Gasteiger partial charge in [-0.15, -0.1) is 0 Å². The molecule has 0 aliphatic rings. The Morgan fingerprint density at radius 1 is 1.29 bits per heavy atom. The van der Waals surface area contributed by atoms with Gasteiger partial charge < -0.3 is 5.11 Å². The van der Waals surface area contributed by atoms with Crippen LogP contribution in [0.25, 0.3) is 0 Å². The lowest BCUT2D eigenvalue weighted by Gasteiger charge is -1.90. The highest BCUT2D eigenvalue weighted by atomic mass is 32.1. The molecule has 0 bridgehead atoms. The number of rotatable bonds is 1. The van der Waals surface area contributed by atoms with E-state index in [1.165, 1.54) is 11.8 Å². The number of nitrogens with zero attached hydrogens (tertiary/aromatic N) is 1. The molecule has 1 aromatic carbocycles. The number of hydrogen-bond donors (Lipinski definition) is 1. The molecule has 4 heteroatoms. The van der Waals surface area contributed by atoms with Crippen molar-refractivity contribution in [3.05, 3.63) is 51.5 Å². The molecule has 3 nitrogen and oxygen atoms in total. The van der Waals surface area contributed by atoms with Crippen molar-refractivity contribution in [3.8, 4) is 11.8 Å². The Bertz CT molecular complexity index is 602. The monoisotopic (exact) mass is 243 g/mol. The minimum absolute atomic E-state index is 0.207. The Hall–Kier alpha value is -2.12. The molecule has 0 fully saturated rings. The fourth-order valence-electron chi connectivity index (χ4n) is 1.19. The van der Waals surface area contributed by atoms with Crippen molar-refractivity contribution in [2.75, 3.05) is 0 Å². The van der Waals surface area contributed by atoms with Crippen molar-refractivity contribution in [1.29, 1.82) is 0 Å². The lowest BCUT2D eigenvalue weighted by Crippen LogP contribution is -1.89. The van der Waals surface area contributed by atoms with Gasteiger partial charge in [-0.3, -0.25) is 0 Å². The van der Waals surface area contributed by atoms with Crippen molar-refractivity contribution >= 4 is 17.3 Å². The van der Waals surface area contributed by atoms with Gasteiger partial charge in [0, 0.05) is 5.56 Å². The smallest absolute Gasteiger partial charge is 0.347 e. The zero-order valence-corrected chi connectivity index (χ0v) is 9.91. The maximum Gasteiger partial charge on any atom is 0.347 e. The number of aromatic carboxylic acids is 1. The van der Waals surface area contributed by atoms with Crippen LogP contribution in [0.2, 0.25) is 0 Å². The molecule has 1 N–H and O–H groups in total. The van der Waals surface area contributed by atoms with Gasteiger partial charge in [-0.25, -0.2) is 9.78 Å². The van der Waals surface area contributed by atoms with E-state index in [-0.39, 0.29) is 4.88 Å². The van der Waals surface area contributed by atoms with Gasteiger partial charge in [-0.1, -0.05) is 35.0 Å². The Balaban J connectivity index is 2.20. The van der Waals surface area contributed by atoms with E-state index in [9.17, 15) is 4.79 Å². The third-order valence-electron chi connectivity index (χ3n) is 2.08. The summed E-state index contributed by atoms with van der Waals surface area (Å²) in [6, 6.07) is 7.81. The van der Waals surface area contributed by atoms with Gasteiger partial charge in [0.1, 0.15) is 4.88 Å². The third kappa shape index (κ3) is 2.92. The number of carboxylic acid groups (broad SMARTS) is 1. The summed E-state index contributed by atoms with van der Waals surface area (Å²) in [5.74, 6) is 4.83. The first-order valence-corrected chi connectivity index (χ1v) is 5.74. The fraction of sp³-hybridized carbons (Fsp3) is 0.0769. The first-order chi connectivity index (χ1) is 8.15. The van der Waals surface area contributed by atoms with E-state index < -0.39 is 5.97 Å².